The summed E-state index contributed by atoms with van der Waals surface area (Å²) in [6.45, 7) is 1.05. The highest BCUT2D eigenvalue weighted by atomic mass is 35.5. The van der Waals surface area contributed by atoms with E-state index in [4.69, 9.17) is 16.3 Å². The summed E-state index contributed by atoms with van der Waals surface area (Å²) < 4.78 is 30.9. The van der Waals surface area contributed by atoms with Crippen LogP contribution in [0.4, 0.5) is 0 Å². The molecule has 90 valence electrons. The molecule has 1 N–H and O–H groups in total. The number of aromatic nitrogens is 2. The van der Waals surface area contributed by atoms with Gasteiger partial charge in [0.1, 0.15) is 4.90 Å². The van der Waals surface area contributed by atoms with Crippen molar-refractivity contribution in [2.45, 2.75) is 10.9 Å². The predicted molar refractivity (Wildman–Crippen MR) is 57.8 cm³/mol. The zero-order valence-corrected chi connectivity index (χ0v) is 10.0. The van der Waals surface area contributed by atoms with Crippen LogP contribution in [0.5, 0.6) is 0 Å². The van der Waals surface area contributed by atoms with Gasteiger partial charge in [-0.05, 0) is 0 Å². The van der Waals surface area contributed by atoms with Crippen molar-refractivity contribution in [3.8, 4) is 0 Å². The predicted octanol–water partition coefficient (Wildman–Crippen LogP) is 0.0380. The molecule has 0 spiro atoms. The highest BCUT2D eigenvalue weighted by Gasteiger charge is 2.33. The second-order valence-electron chi connectivity index (χ2n) is 3.43. The first-order valence-corrected chi connectivity index (χ1v) is 6.78. The van der Waals surface area contributed by atoms with Crippen LogP contribution in [0.1, 0.15) is 0 Å². The second kappa shape index (κ2) is 4.70. The van der Waals surface area contributed by atoms with Gasteiger partial charge in [-0.15, -0.1) is 11.6 Å². The molecule has 1 unspecified atom stereocenters. The Balaban J connectivity index is 2.28. The van der Waals surface area contributed by atoms with Crippen molar-refractivity contribution in [1.82, 2.24) is 14.5 Å². The van der Waals surface area contributed by atoms with E-state index >= 15 is 0 Å². The van der Waals surface area contributed by atoms with E-state index < -0.39 is 10.0 Å². The standard InChI is InChI=1S/C8H12ClN3O3S/c9-3-7-6-15-2-1-12(7)16(13,14)8-4-10-11-5-8/h4-5,7H,1-3,6H2,(H,10,11). The van der Waals surface area contributed by atoms with E-state index in [1.54, 1.807) is 0 Å². The Morgan fingerprint density at radius 3 is 3.12 bits per heavy atom. The molecule has 1 aromatic rings. The van der Waals surface area contributed by atoms with Crippen molar-refractivity contribution in [3.05, 3.63) is 12.4 Å². The number of morpholine rings is 1. The van der Waals surface area contributed by atoms with Gasteiger partial charge < -0.3 is 4.74 Å². The number of hydrogen-bond donors (Lipinski definition) is 1. The van der Waals surface area contributed by atoms with E-state index in [9.17, 15) is 8.42 Å². The number of sulfonamides is 1. The van der Waals surface area contributed by atoms with Gasteiger partial charge in [0.2, 0.25) is 10.0 Å². The summed E-state index contributed by atoms with van der Waals surface area (Å²) in [7, 11) is -3.50. The van der Waals surface area contributed by atoms with Crippen molar-refractivity contribution in [1.29, 1.82) is 0 Å². The largest absolute Gasteiger partial charge is 0.378 e. The molecule has 1 saturated heterocycles. The molecule has 1 aliphatic heterocycles. The highest BCUT2D eigenvalue weighted by Crippen LogP contribution is 2.20. The van der Waals surface area contributed by atoms with Crippen molar-refractivity contribution in [3.63, 3.8) is 0 Å². The maximum absolute atomic E-state index is 12.2. The van der Waals surface area contributed by atoms with Crippen LogP contribution in [0.2, 0.25) is 0 Å². The Hall–Kier alpha value is -0.630. The van der Waals surface area contributed by atoms with Gasteiger partial charge in [-0.1, -0.05) is 0 Å². The molecular weight excluding hydrogens is 254 g/mol. The molecule has 2 heterocycles. The van der Waals surface area contributed by atoms with Crippen LogP contribution < -0.4 is 0 Å². The molecule has 0 aromatic carbocycles. The quantitative estimate of drug-likeness (QED) is 0.783. The van der Waals surface area contributed by atoms with Crippen molar-refractivity contribution < 1.29 is 13.2 Å². The number of nitrogens with zero attached hydrogens (tertiary/aromatic N) is 2. The summed E-state index contributed by atoms with van der Waals surface area (Å²) in [5.41, 5.74) is 0. The summed E-state index contributed by atoms with van der Waals surface area (Å²) in [4.78, 5) is 0.157. The number of nitrogens with one attached hydrogen (secondary N) is 1. The third-order valence-corrected chi connectivity index (χ3v) is 4.70. The number of aromatic amines is 1. The van der Waals surface area contributed by atoms with E-state index in [-0.39, 0.29) is 16.8 Å². The topological polar surface area (TPSA) is 75.3 Å². The molecule has 0 radical (unpaired) electrons. The van der Waals surface area contributed by atoms with Crippen molar-refractivity contribution in [2.75, 3.05) is 25.6 Å². The van der Waals surface area contributed by atoms with Crippen molar-refractivity contribution >= 4 is 21.6 Å². The Morgan fingerprint density at radius 1 is 1.69 bits per heavy atom. The van der Waals surface area contributed by atoms with Crippen LogP contribution in [0.3, 0.4) is 0 Å². The Kier molecular flexibility index (Phi) is 3.48. The molecule has 0 bridgehead atoms. The van der Waals surface area contributed by atoms with Crippen LogP contribution in [-0.4, -0.2) is 54.6 Å². The van der Waals surface area contributed by atoms with Crippen molar-refractivity contribution in [2.24, 2.45) is 0 Å². The maximum Gasteiger partial charge on any atom is 0.246 e. The molecule has 1 fully saturated rings. The number of rotatable bonds is 3. The lowest BCUT2D eigenvalue weighted by molar-refractivity contribution is 0.0404. The summed E-state index contributed by atoms with van der Waals surface area (Å²) in [6.07, 6.45) is 2.65. The average Bonchev–Trinajstić information content (AvgIpc) is 2.83. The van der Waals surface area contributed by atoms with E-state index in [1.807, 2.05) is 0 Å². The van der Waals surface area contributed by atoms with Crippen LogP contribution in [-0.2, 0) is 14.8 Å². The van der Waals surface area contributed by atoms with E-state index in [2.05, 4.69) is 10.2 Å². The smallest absolute Gasteiger partial charge is 0.246 e. The first kappa shape index (κ1) is 11.8. The Bertz CT molecular complexity index is 433. The first-order chi connectivity index (χ1) is 7.66. The van der Waals surface area contributed by atoms with E-state index in [1.165, 1.54) is 16.7 Å². The molecule has 6 nitrogen and oxygen atoms in total. The van der Waals surface area contributed by atoms with Gasteiger partial charge in [-0.2, -0.15) is 9.40 Å². The van der Waals surface area contributed by atoms with Crippen LogP contribution in [0, 0.1) is 0 Å². The van der Waals surface area contributed by atoms with Gasteiger partial charge in [-0.25, -0.2) is 8.42 Å². The lowest BCUT2D eigenvalue weighted by Crippen LogP contribution is -2.49. The molecule has 0 saturated carbocycles. The molecule has 1 aromatic heterocycles. The fourth-order valence-corrected chi connectivity index (χ4v) is 3.43. The van der Waals surface area contributed by atoms with E-state index in [0.717, 1.165) is 0 Å². The van der Waals surface area contributed by atoms with Gasteiger partial charge in [0.25, 0.3) is 0 Å². The fourth-order valence-electron chi connectivity index (χ4n) is 1.59. The lowest BCUT2D eigenvalue weighted by Gasteiger charge is -2.32. The minimum atomic E-state index is -3.50. The molecule has 1 aliphatic rings. The molecule has 8 heteroatoms. The zero-order valence-electron chi connectivity index (χ0n) is 8.47. The number of alkyl halides is 1. The van der Waals surface area contributed by atoms with Crippen LogP contribution in [0.25, 0.3) is 0 Å². The van der Waals surface area contributed by atoms with Gasteiger partial charge in [-0.3, -0.25) is 5.10 Å². The van der Waals surface area contributed by atoms with Gasteiger partial charge in [0.05, 0.1) is 25.5 Å². The van der Waals surface area contributed by atoms with Gasteiger partial charge >= 0.3 is 0 Å². The third-order valence-electron chi connectivity index (χ3n) is 2.43. The zero-order chi connectivity index (χ0) is 11.6. The second-order valence-corrected chi connectivity index (χ2v) is 5.63. The van der Waals surface area contributed by atoms with Crippen LogP contribution in [0.15, 0.2) is 17.3 Å². The summed E-state index contributed by atoms with van der Waals surface area (Å²) >= 11 is 5.73. The summed E-state index contributed by atoms with van der Waals surface area (Å²) in [5, 5.41) is 6.13. The number of hydrogen-bond acceptors (Lipinski definition) is 4. The maximum atomic E-state index is 12.2. The molecule has 0 amide bonds. The first-order valence-electron chi connectivity index (χ1n) is 4.80. The molecule has 2 rings (SSSR count). The van der Waals surface area contributed by atoms with Gasteiger partial charge in [0.15, 0.2) is 0 Å². The minimum Gasteiger partial charge on any atom is -0.378 e. The average molecular weight is 266 g/mol. The Morgan fingerprint density at radius 2 is 2.50 bits per heavy atom. The molecule has 0 aliphatic carbocycles. The lowest BCUT2D eigenvalue weighted by atomic mass is 10.3. The normalized spacial score (nSPS) is 23.4. The summed E-state index contributed by atoms with van der Waals surface area (Å²) in [6, 6.07) is -0.310. The van der Waals surface area contributed by atoms with Crippen LogP contribution >= 0.6 is 11.6 Å². The fraction of sp³-hybridized carbons (Fsp3) is 0.625. The summed E-state index contributed by atoms with van der Waals surface area (Å²) in [5.74, 6) is 0.219. The highest BCUT2D eigenvalue weighted by molar-refractivity contribution is 7.89. The third kappa shape index (κ3) is 2.08. The minimum absolute atomic E-state index is 0.157. The molecule has 16 heavy (non-hydrogen) atoms. The molecular formula is C8H12ClN3O3S. The Labute approximate surface area is 98.6 Å². The van der Waals surface area contributed by atoms with Gasteiger partial charge in [0, 0.05) is 18.6 Å². The van der Waals surface area contributed by atoms with E-state index in [0.29, 0.717) is 19.8 Å². The number of halogens is 1. The SMILES string of the molecule is O=S(=O)(c1cn[nH]c1)N1CCOCC1CCl. The number of ether oxygens (including phenoxy) is 1. The molecule has 1 atom stereocenters. The monoisotopic (exact) mass is 265 g/mol. The number of H-pyrrole nitrogens is 1.